The third kappa shape index (κ3) is 7.35. The van der Waals surface area contributed by atoms with Crippen molar-refractivity contribution in [1.29, 1.82) is 0 Å². The molecule has 1 N–H and O–H groups in total. The molecule has 0 spiro atoms. The second-order valence-electron chi connectivity index (χ2n) is 10.2. The van der Waals surface area contributed by atoms with Gasteiger partial charge >= 0.3 is 0 Å². The fourth-order valence-corrected chi connectivity index (χ4v) is 6.68. The van der Waals surface area contributed by atoms with Gasteiger partial charge in [-0.15, -0.1) is 0 Å². The maximum atomic E-state index is 14.1. The molecule has 3 aromatic carbocycles. The molecule has 1 unspecified atom stereocenters. The molecule has 0 aromatic heterocycles. The van der Waals surface area contributed by atoms with E-state index >= 15 is 0 Å². The van der Waals surface area contributed by atoms with Gasteiger partial charge in [-0.2, -0.15) is 0 Å². The number of nitrogens with zero attached hydrogens (tertiary/aromatic N) is 2. The largest absolute Gasteiger partial charge is 0.493 e. The Kier molecular flexibility index (Phi) is 10.3. The number of rotatable bonds is 12. The molecule has 9 nitrogen and oxygen atoms in total. The molecule has 1 aliphatic carbocycles. The number of amides is 2. The molecule has 11 heteroatoms. The monoisotopic (exact) mass is 613 g/mol. The van der Waals surface area contributed by atoms with Crippen molar-refractivity contribution in [1.82, 2.24) is 10.2 Å². The Hall–Kier alpha value is -3.76. The average Bonchev–Trinajstić information content (AvgIpc) is 3.51. The number of hydrogen-bond donors (Lipinski definition) is 1. The zero-order valence-corrected chi connectivity index (χ0v) is 25.5. The Balaban J connectivity index is 1.69. The summed E-state index contributed by atoms with van der Waals surface area (Å²) in [6.45, 7) is 1.18. The predicted molar refractivity (Wildman–Crippen MR) is 162 cm³/mol. The minimum Gasteiger partial charge on any atom is -0.493 e. The van der Waals surface area contributed by atoms with E-state index in [4.69, 9.17) is 21.1 Å². The Labute approximate surface area is 252 Å². The van der Waals surface area contributed by atoms with Crippen LogP contribution in [0.3, 0.4) is 0 Å². The van der Waals surface area contributed by atoms with Gasteiger partial charge in [-0.25, -0.2) is 8.42 Å². The molecular formula is C31H36ClN3O6S. The molecule has 4 rings (SSSR count). The molecule has 1 atom stereocenters. The van der Waals surface area contributed by atoms with Crippen LogP contribution in [0, 0.1) is 0 Å². The van der Waals surface area contributed by atoms with Gasteiger partial charge in [0, 0.05) is 23.7 Å². The summed E-state index contributed by atoms with van der Waals surface area (Å²) in [6, 6.07) is 18.8. The minimum absolute atomic E-state index is 0.0642. The van der Waals surface area contributed by atoms with Crippen LogP contribution in [-0.4, -0.2) is 58.0 Å². The van der Waals surface area contributed by atoms with Gasteiger partial charge in [0.2, 0.25) is 11.8 Å². The van der Waals surface area contributed by atoms with E-state index in [1.165, 1.54) is 37.3 Å². The fourth-order valence-electron chi connectivity index (χ4n) is 5.03. The van der Waals surface area contributed by atoms with E-state index in [-0.39, 0.29) is 29.1 Å². The van der Waals surface area contributed by atoms with Crippen LogP contribution < -0.4 is 19.1 Å². The van der Waals surface area contributed by atoms with Crippen molar-refractivity contribution < 1.29 is 27.5 Å². The molecular weight excluding hydrogens is 578 g/mol. The van der Waals surface area contributed by atoms with E-state index in [0.717, 1.165) is 30.0 Å². The van der Waals surface area contributed by atoms with Crippen LogP contribution in [0.5, 0.6) is 11.5 Å². The maximum Gasteiger partial charge on any atom is 0.264 e. The summed E-state index contributed by atoms with van der Waals surface area (Å²) >= 11 is 6.21. The summed E-state index contributed by atoms with van der Waals surface area (Å²) < 4.78 is 39.8. The molecule has 2 amide bonds. The van der Waals surface area contributed by atoms with E-state index in [9.17, 15) is 18.0 Å². The standard InChI is InChI=1S/C31H36ClN3O6S/c1-22(31(37)33-25-12-7-8-13-25)34(20-23-10-9-11-24(32)18-23)30(36)21-35(26-14-5-4-6-15-26)42(38,39)27-16-17-28(40-2)29(19-27)41-3/h4-6,9-11,14-19,22,25H,7-8,12-13,20-21H2,1-3H3,(H,33,37). The Morgan fingerprint density at radius 2 is 1.64 bits per heavy atom. The van der Waals surface area contributed by atoms with Crippen molar-refractivity contribution in [2.75, 3.05) is 25.1 Å². The number of methoxy groups -OCH3 is 2. The highest BCUT2D eigenvalue weighted by Gasteiger charge is 2.33. The summed E-state index contributed by atoms with van der Waals surface area (Å²) in [7, 11) is -1.38. The molecule has 0 heterocycles. The first-order valence-corrected chi connectivity index (χ1v) is 15.6. The van der Waals surface area contributed by atoms with Crippen LogP contribution in [0.25, 0.3) is 0 Å². The lowest BCUT2D eigenvalue weighted by Crippen LogP contribution is -2.52. The van der Waals surface area contributed by atoms with Crippen molar-refractivity contribution >= 4 is 39.1 Å². The summed E-state index contributed by atoms with van der Waals surface area (Å²) in [5.74, 6) is -0.227. The third-order valence-corrected chi connectivity index (χ3v) is 9.38. The number of sulfonamides is 1. The molecule has 42 heavy (non-hydrogen) atoms. The van der Waals surface area contributed by atoms with Crippen LogP contribution in [0.15, 0.2) is 77.7 Å². The first-order valence-electron chi connectivity index (χ1n) is 13.8. The van der Waals surface area contributed by atoms with Gasteiger partial charge in [-0.05, 0) is 61.7 Å². The van der Waals surface area contributed by atoms with E-state index in [0.29, 0.717) is 22.0 Å². The SMILES string of the molecule is COc1ccc(S(=O)(=O)N(CC(=O)N(Cc2cccc(Cl)c2)C(C)C(=O)NC2CCCC2)c2ccccc2)cc1OC. The first-order chi connectivity index (χ1) is 20.1. The molecule has 0 bridgehead atoms. The van der Waals surface area contributed by atoms with Crippen molar-refractivity contribution in [3.05, 3.63) is 83.4 Å². The van der Waals surface area contributed by atoms with E-state index in [1.54, 1.807) is 55.5 Å². The lowest BCUT2D eigenvalue weighted by molar-refractivity contribution is -0.139. The maximum absolute atomic E-state index is 14.1. The number of para-hydroxylation sites is 1. The lowest BCUT2D eigenvalue weighted by Gasteiger charge is -2.32. The third-order valence-electron chi connectivity index (χ3n) is 7.38. The molecule has 224 valence electrons. The molecule has 0 aliphatic heterocycles. The molecule has 3 aromatic rings. The normalized spacial score (nSPS) is 14.2. The van der Waals surface area contributed by atoms with Gasteiger partial charge in [0.1, 0.15) is 12.6 Å². The number of ether oxygens (including phenoxy) is 2. The summed E-state index contributed by atoms with van der Waals surface area (Å²) in [6.07, 6.45) is 3.88. The van der Waals surface area contributed by atoms with Gasteiger partial charge in [0.25, 0.3) is 10.0 Å². The summed E-state index contributed by atoms with van der Waals surface area (Å²) in [4.78, 5) is 28.7. The Morgan fingerprint density at radius 1 is 0.952 bits per heavy atom. The number of carbonyl (C=O) groups is 2. The van der Waals surface area contributed by atoms with E-state index < -0.39 is 28.5 Å². The van der Waals surface area contributed by atoms with Gasteiger partial charge < -0.3 is 19.7 Å². The molecule has 1 saturated carbocycles. The van der Waals surface area contributed by atoms with Crippen molar-refractivity contribution in [3.8, 4) is 11.5 Å². The molecule has 0 saturated heterocycles. The zero-order valence-electron chi connectivity index (χ0n) is 24.0. The quantitative estimate of drug-likeness (QED) is 0.307. The van der Waals surface area contributed by atoms with Crippen LogP contribution in [-0.2, 0) is 26.2 Å². The van der Waals surface area contributed by atoms with E-state index in [1.807, 2.05) is 6.07 Å². The topological polar surface area (TPSA) is 105 Å². The summed E-state index contributed by atoms with van der Waals surface area (Å²) in [5.41, 5.74) is 1.01. The number of anilines is 1. The van der Waals surface area contributed by atoms with Gasteiger partial charge in [0.15, 0.2) is 11.5 Å². The van der Waals surface area contributed by atoms with Crippen LogP contribution >= 0.6 is 11.6 Å². The highest BCUT2D eigenvalue weighted by molar-refractivity contribution is 7.92. The van der Waals surface area contributed by atoms with E-state index in [2.05, 4.69) is 5.32 Å². The van der Waals surface area contributed by atoms with Crippen molar-refractivity contribution in [3.63, 3.8) is 0 Å². The lowest BCUT2D eigenvalue weighted by atomic mass is 10.1. The number of halogens is 1. The van der Waals surface area contributed by atoms with Crippen LogP contribution in [0.4, 0.5) is 5.69 Å². The first kappa shape index (κ1) is 31.2. The van der Waals surface area contributed by atoms with Gasteiger partial charge in [-0.1, -0.05) is 54.8 Å². The fraction of sp³-hybridized carbons (Fsp3) is 0.355. The number of carbonyl (C=O) groups excluding carboxylic acids is 2. The van der Waals surface area contributed by atoms with Crippen molar-refractivity contribution in [2.45, 2.75) is 56.1 Å². The Morgan fingerprint density at radius 3 is 2.29 bits per heavy atom. The van der Waals surface area contributed by atoms with Gasteiger partial charge in [-0.3, -0.25) is 13.9 Å². The zero-order chi connectivity index (χ0) is 30.3. The predicted octanol–water partition coefficient (Wildman–Crippen LogP) is 5.03. The van der Waals surface area contributed by atoms with Gasteiger partial charge in [0.05, 0.1) is 24.8 Å². The second-order valence-corrected chi connectivity index (χ2v) is 12.5. The summed E-state index contributed by atoms with van der Waals surface area (Å²) in [5, 5.41) is 3.55. The number of hydrogen-bond acceptors (Lipinski definition) is 6. The number of benzene rings is 3. The van der Waals surface area contributed by atoms with Crippen LogP contribution in [0.1, 0.15) is 38.2 Å². The highest BCUT2D eigenvalue weighted by atomic mass is 35.5. The molecule has 0 radical (unpaired) electrons. The van der Waals surface area contributed by atoms with Crippen LogP contribution in [0.2, 0.25) is 5.02 Å². The van der Waals surface area contributed by atoms with Crippen molar-refractivity contribution in [2.24, 2.45) is 0 Å². The smallest absolute Gasteiger partial charge is 0.264 e. The number of nitrogens with one attached hydrogen (secondary N) is 1. The molecule has 1 aliphatic rings. The highest BCUT2D eigenvalue weighted by Crippen LogP contribution is 2.32. The second kappa shape index (κ2) is 13.9. The average molecular weight is 614 g/mol. The Bertz CT molecular complexity index is 1500. The minimum atomic E-state index is -4.26. The molecule has 1 fully saturated rings.